The molecular formula is C24H37FN2O3. The van der Waals surface area contributed by atoms with E-state index >= 15 is 0 Å². The van der Waals surface area contributed by atoms with Crippen LogP contribution < -0.4 is 5.73 Å². The van der Waals surface area contributed by atoms with E-state index in [2.05, 4.69) is 25.8 Å². The highest BCUT2D eigenvalue weighted by Crippen LogP contribution is 2.36. The Morgan fingerprint density at radius 3 is 2.43 bits per heavy atom. The zero-order valence-corrected chi connectivity index (χ0v) is 19.3. The molecule has 1 saturated carbocycles. The van der Waals surface area contributed by atoms with Gasteiger partial charge in [0.1, 0.15) is 5.82 Å². The normalized spacial score (nSPS) is 21.9. The first-order chi connectivity index (χ1) is 14.2. The second-order valence-corrected chi connectivity index (χ2v) is 7.63. The van der Waals surface area contributed by atoms with Gasteiger partial charge in [0.2, 0.25) is 0 Å². The molecule has 6 heteroatoms. The molecule has 0 spiro atoms. The Kier molecular flexibility index (Phi) is 10.9. The van der Waals surface area contributed by atoms with Crippen molar-refractivity contribution in [2.24, 2.45) is 16.6 Å². The smallest absolute Gasteiger partial charge is 0.175 e. The van der Waals surface area contributed by atoms with Crippen LogP contribution in [0.25, 0.3) is 0 Å². The SMILES string of the molecule is CCC(C)CC.CCOC1(OC)CC/C(=C(/N)C(C)=O)C(=Nc2cccc(F)c2)C1. The van der Waals surface area contributed by atoms with Crippen molar-refractivity contribution < 1.29 is 18.7 Å². The van der Waals surface area contributed by atoms with Crippen LogP contribution in [0, 0.1) is 11.7 Å². The minimum atomic E-state index is -0.804. The number of hydrogen-bond donors (Lipinski definition) is 1. The summed E-state index contributed by atoms with van der Waals surface area (Å²) >= 11 is 0. The first-order valence-electron chi connectivity index (χ1n) is 10.7. The van der Waals surface area contributed by atoms with Crippen LogP contribution in [0.2, 0.25) is 0 Å². The molecule has 30 heavy (non-hydrogen) atoms. The fourth-order valence-electron chi connectivity index (χ4n) is 3.13. The summed E-state index contributed by atoms with van der Waals surface area (Å²) in [6, 6.07) is 5.96. The molecule has 1 unspecified atom stereocenters. The summed E-state index contributed by atoms with van der Waals surface area (Å²) in [6.45, 7) is 10.5. The van der Waals surface area contributed by atoms with Gasteiger partial charge in [0.05, 0.1) is 17.1 Å². The van der Waals surface area contributed by atoms with Gasteiger partial charge in [0, 0.05) is 39.1 Å². The molecule has 0 amide bonds. The van der Waals surface area contributed by atoms with Crippen LogP contribution in [0.15, 0.2) is 40.5 Å². The monoisotopic (exact) mass is 420 g/mol. The quantitative estimate of drug-likeness (QED) is 0.453. The van der Waals surface area contributed by atoms with Crippen LogP contribution in [0.4, 0.5) is 10.1 Å². The topological polar surface area (TPSA) is 73.9 Å². The second-order valence-electron chi connectivity index (χ2n) is 7.63. The van der Waals surface area contributed by atoms with Crippen LogP contribution in [0.5, 0.6) is 0 Å². The Morgan fingerprint density at radius 1 is 1.30 bits per heavy atom. The van der Waals surface area contributed by atoms with Gasteiger partial charge in [-0.15, -0.1) is 0 Å². The number of rotatable bonds is 7. The van der Waals surface area contributed by atoms with Gasteiger partial charge in [-0.25, -0.2) is 4.39 Å². The lowest BCUT2D eigenvalue weighted by atomic mass is 9.85. The standard InChI is InChI=1S/C18H23FN2O3.C6H14/c1-4-24-18(23-3)9-8-15(17(20)12(2)22)16(11-18)21-14-7-5-6-13(19)10-14;1-4-6(3)5-2/h5-7,10H,4,8-9,11,20H2,1-3H3;6H,4-5H2,1-3H3/b17-15-,21-16?;. The Balaban J connectivity index is 0.000000656. The van der Waals surface area contributed by atoms with Gasteiger partial charge < -0.3 is 15.2 Å². The number of ether oxygens (including phenoxy) is 2. The van der Waals surface area contributed by atoms with Crippen LogP contribution in [-0.2, 0) is 14.3 Å². The molecule has 1 atom stereocenters. The molecular weight excluding hydrogens is 383 g/mol. The fraction of sp³-hybridized carbons (Fsp3) is 0.583. The van der Waals surface area contributed by atoms with E-state index in [-0.39, 0.29) is 17.3 Å². The van der Waals surface area contributed by atoms with Crippen molar-refractivity contribution in [3.63, 3.8) is 0 Å². The van der Waals surface area contributed by atoms with E-state index in [9.17, 15) is 9.18 Å². The average molecular weight is 421 g/mol. The van der Waals surface area contributed by atoms with Crippen molar-refractivity contribution >= 4 is 17.2 Å². The third kappa shape index (κ3) is 7.65. The second kappa shape index (κ2) is 12.6. The molecule has 1 aliphatic rings. The summed E-state index contributed by atoms with van der Waals surface area (Å²) in [5, 5.41) is 0. The predicted octanol–water partition coefficient (Wildman–Crippen LogP) is 5.71. The lowest BCUT2D eigenvalue weighted by Gasteiger charge is -2.37. The van der Waals surface area contributed by atoms with Crippen LogP contribution in [0.1, 0.15) is 66.7 Å². The molecule has 1 aliphatic carbocycles. The van der Waals surface area contributed by atoms with E-state index in [1.54, 1.807) is 19.2 Å². The van der Waals surface area contributed by atoms with Gasteiger partial charge in [-0.05, 0) is 37.5 Å². The van der Waals surface area contributed by atoms with E-state index in [0.29, 0.717) is 42.8 Å². The number of halogens is 1. The number of methoxy groups -OCH3 is 1. The van der Waals surface area contributed by atoms with Crippen molar-refractivity contribution in [3.8, 4) is 0 Å². The summed E-state index contributed by atoms with van der Waals surface area (Å²) in [6.07, 6.45) is 4.08. The van der Waals surface area contributed by atoms with Crippen molar-refractivity contribution in [1.82, 2.24) is 0 Å². The van der Waals surface area contributed by atoms with Gasteiger partial charge in [0.15, 0.2) is 11.6 Å². The van der Waals surface area contributed by atoms with E-state index in [1.807, 2.05) is 6.92 Å². The number of benzene rings is 1. The minimum Gasteiger partial charge on any atom is -0.396 e. The minimum absolute atomic E-state index is 0.186. The Hall–Kier alpha value is -2.05. The number of hydrogen-bond acceptors (Lipinski definition) is 5. The van der Waals surface area contributed by atoms with Crippen molar-refractivity contribution in [2.75, 3.05) is 13.7 Å². The molecule has 1 fully saturated rings. The van der Waals surface area contributed by atoms with E-state index < -0.39 is 5.79 Å². The third-order valence-electron chi connectivity index (χ3n) is 5.49. The molecule has 0 aliphatic heterocycles. The van der Waals surface area contributed by atoms with Gasteiger partial charge in [0.25, 0.3) is 0 Å². The molecule has 0 bridgehead atoms. The van der Waals surface area contributed by atoms with E-state index in [1.165, 1.54) is 31.9 Å². The summed E-state index contributed by atoms with van der Waals surface area (Å²) in [5.74, 6) is -0.453. The number of Topliss-reactive ketones (excluding diaryl/α,β-unsaturated/α-hetero) is 1. The lowest BCUT2D eigenvalue weighted by Crippen LogP contribution is -2.42. The molecule has 1 aromatic rings. The average Bonchev–Trinajstić information content (AvgIpc) is 2.73. The fourth-order valence-corrected chi connectivity index (χ4v) is 3.13. The summed E-state index contributed by atoms with van der Waals surface area (Å²) in [5.41, 5.74) is 7.88. The van der Waals surface area contributed by atoms with Crippen LogP contribution in [0.3, 0.4) is 0 Å². The molecule has 0 saturated heterocycles. The summed E-state index contributed by atoms with van der Waals surface area (Å²) in [4.78, 5) is 16.2. The van der Waals surface area contributed by atoms with Crippen molar-refractivity contribution in [3.05, 3.63) is 41.4 Å². The zero-order valence-electron chi connectivity index (χ0n) is 19.3. The Labute approximate surface area is 180 Å². The molecule has 1 aromatic carbocycles. The molecule has 0 radical (unpaired) electrons. The molecule has 0 heterocycles. The first-order valence-corrected chi connectivity index (χ1v) is 10.7. The number of nitrogens with zero attached hydrogens (tertiary/aromatic N) is 1. The van der Waals surface area contributed by atoms with Crippen molar-refractivity contribution in [2.45, 2.75) is 72.5 Å². The first kappa shape index (κ1) is 26.0. The molecule has 168 valence electrons. The zero-order chi connectivity index (χ0) is 22.7. The summed E-state index contributed by atoms with van der Waals surface area (Å²) in [7, 11) is 1.58. The Bertz CT molecular complexity index is 757. The molecule has 2 N–H and O–H groups in total. The largest absolute Gasteiger partial charge is 0.396 e. The van der Waals surface area contributed by atoms with Crippen molar-refractivity contribution in [1.29, 1.82) is 0 Å². The van der Waals surface area contributed by atoms with E-state index in [0.717, 1.165) is 5.92 Å². The molecule has 0 aromatic heterocycles. The van der Waals surface area contributed by atoms with Gasteiger partial charge in [-0.3, -0.25) is 9.79 Å². The highest BCUT2D eigenvalue weighted by molar-refractivity contribution is 6.09. The van der Waals surface area contributed by atoms with E-state index in [4.69, 9.17) is 15.2 Å². The number of allylic oxidation sites excluding steroid dienone is 2. The van der Waals surface area contributed by atoms with Gasteiger partial charge >= 0.3 is 0 Å². The highest BCUT2D eigenvalue weighted by atomic mass is 19.1. The predicted molar refractivity (Wildman–Crippen MR) is 120 cm³/mol. The number of carbonyl (C=O) groups excluding carboxylic acids is 1. The maximum Gasteiger partial charge on any atom is 0.175 e. The number of aliphatic imine (C=N–C) groups is 1. The highest BCUT2D eigenvalue weighted by Gasteiger charge is 2.38. The van der Waals surface area contributed by atoms with Gasteiger partial charge in [-0.1, -0.05) is 39.7 Å². The molecule has 5 nitrogen and oxygen atoms in total. The van der Waals surface area contributed by atoms with Gasteiger partial charge in [-0.2, -0.15) is 0 Å². The third-order valence-corrected chi connectivity index (χ3v) is 5.49. The van der Waals surface area contributed by atoms with Crippen LogP contribution >= 0.6 is 0 Å². The van der Waals surface area contributed by atoms with Crippen LogP contribution in [-0.4, -0.2) is 31.0 Å². The lowest BCUT2D eigenvalue weighted by molar-refractivity contribution is -0.220. The number of ketones is 1. The number of carbonyl (C=O) groups is 1. The maximum atomic E-state index is 13.4. The maximum absolute atomic E-state index is 13.4. The Morgan fingerprint density at radius 2 is 1.97 bits per heavy atom. The summed E-state index contributed by atoms with van der Waals surface area (Å²) < 4.78 is 24.8. The molecule has 2 rings (SSSR count). The number of nitrogens with two attached hydrogens (primary N) is 1.